The monoisotopic (exact) mass is 286 g/mol. The zero-order valence-electron chi connectivity index (χ0n) is 12.8. The molecular weight excluding hydrogens is 264 g/mol. The van der Waals surface area contributed by atoms with Crippen LogP contribution in [-0.2, 0) is 0 Å². The first kappa shape index (κ1) is 15.2. The molecule has 6 nitrogen and oxygen atoms in total. The van der Waals surface area contributed by atoms with E-state index >= 15 is 0 Å². The molecule has 0 atom stereocenters. The average Bonchev–Trinajstić information content (AvgIpc) is 2.46. The molecule has 21 heavy (non-hydrogen) atoms. The van der Waals surface area contributed by atoms with Crippen molar-refractivity contribution in [3.8, 4) is 0 Å². The van der Waals surface area contributed by atoms with Gasteiger partial charge in [0.25, 0.3) is 0 Å². The van der Waals surface area contributed by atoms with Crippen LogP contribution in [0.15, 0.2) is 30.5 Å². The van der Waals surface area contributed by atoms with Crippen LogP contribution in [0.5, 0.6) is 0 Å². The minimum atomic E-state index is 0.502. The van der Waals surface area contributed by atoms with E-state index in [-0.39, 0.29) is 0 Å². The smallest absolute Gasteiger partial charge is 0.249 e. The quantitative estimate of drug-likeness (QED) is 0.761. The van der Waals surface area contributed by atoms with Crippen LogP contribution in [-0.4, -0.2) is 47.3 Å². The fraction of sp³-hybridized carbons (Fsp3) is 0.400. The van der Waals surface area contributed by atoms with E-state index in [0.29, 0.717) is 5.95 Å². The van der Waals surface area contributed by atoms with E-state index in [1.807, 2.05) is 31.2 Å². The lowest BCUT2D eigenvalue weighted by atomic mass is 10.2. The van der Waals surface area contributed by atoms with Crippen LogP contribution in [0.4, 0.5) is 17.5 Å². The van der Waals surface area contributed by atoms with E-state index in [2.05, 4.69) is 44.8 Å². The van der Waals surface area contributed by atoms with Gasteiger partial charge in [-0.05, 0) is 45.6 Å². The fourth-order valence-corrected chi connectivity index (χ4v) is 1.89. The summed E-state index contributed by atoms with van der Waals surface area (Å²) in [5.41, 5.74) is 2.13. The van der Waals surface area contributed by atoms with E-state index in [9.17, 15) is 0 Å². The molecule has 1 heterocycles. The summed E-state index contributed by atoms with van der Waals surface area (Å²) >= 11 is 0. The molecule has 0 amide bonds. The molecule has 0 saturated heterocycles. The number of rotatable bonds is 7. The predicted octanol–water partition coefficient (Wildman–Crippen LogP) is 2.29. The highest BCUT2D eigenvalue weighted by Crippen LogP contribution is 2.17. The maximum absolute atomic E-state index is 4.42. The van der Waals surface area contributed by atoms with Crippen LogP contribution in [0.1, 0.15) is 12.0 Å². The lowest BCUT2D eigenvalue weighted by molar-refractivity contribution is 0.405. The van der Waals surface area contributed by atoms with Gasteiger partial charge in [0, 0.05) is 12.2 Å². The van der Waals surface area contributed by atoms with Gasteiger partial charge in [-0.1, -0.05) is 18.2 Å². The van der Waals surface area contributed by atoms with E-state index in [1.54, 1.807) is 6.20 Å². The van der Waals surface area contributed by atoms with Crippen molar-refractivity contribution in [2.45, 2.75) is 13.3 Å². The van der Waals surface area contributed by atoms with Gasteiger partial charge in [-0.15, -0.1) is 5.10 Å². The maximum atomic E-state index is 4.42. The summed E-state index contributed by atoms with van der Waals surface area (Å²) in [4.78, 5) is 6.57. The Morgan fingerprint density at radius 1 is 1.19 bits per heavy atom. The number of aromatic nitrogens is 3. The van der Waals surface area contributed by atoms with Crippen molar-refractivity contribution in [2.24, 2.45) is 0 Å². The van der Waals surface area contributed by atoms with Crippen molar-refractivity contribution in [1.29, 1.82) is 0 Å². The summed E-state index contributed by atoms with van der Waals surface area (Å²) in [6.07, 6.45) is 2.69. The molecule has 0 saturated carbocycles. The first-order valence-corrected chi connectivity index (χ1v) is 7.06. The third-order valence-electron chi connectivity index (χ3n) is 3.04. The third kappa shape index (κ3) is 5.00. The van der Waals surface area contributed by atoms with Gasteiger partial charge in [-0.25, -0.2) is 0 Å². The molecule has 2 aromatic rings. The van der Waals surface area contributed by atoms with Crippen molar-refractivity contribution in [3.63, 3.8) is 0 Å². The molecule has 112 valence electrons. The van der Waals surface area contributed by atoms with Crippen LogP contribution in [0.2, 0.25) is 0 Å². The van der Waals surface area contributed by atoms with Crippen LogP contribution >= 0.6 is 0 Å². The number of nitrogens with one attached hydrogen (secondary N) is 2. The molecule has 2 rings (SSSR count). The van der Waals surface area contributed by atoms with Gasteiger partial charge in [-0.2, -0.15) is 10.1 Å². The highest BCUT2D eigenvalue weighted by atomic mass is 15.3. The Balaban J connectivity index is 1.93. The van der Waals surface area contributed by atoms with Gasteiger partial charge >= 0.3 is 0 Å². The topological polar surface area (TPSA) is 66.0 Å². The van der Waals surface area contributed by atoms with E-state index < -0.39 is 0 Å². The highest BCUT2D eigenvalue weighted by Gasteiger charge is 2.03. The number of aryl methyl sites for hydroxylation is 1. The molecule has 0 aliphatic heterocycles. The summed E-state index contributed by atoms with van der Waals surface area (Å²) in [5.74, 6) is 1.24. The zero-order chi connectivity index (χ0) is 15.1. The van der Waals surface area contributed by atoms with Gasteiger partial charge in [-0.3, -0.25) is 0 Å². The number of hydrogen-bond donors (Lipinski definition) is 2. The van der Waals surface area contributed by atoms with E-state index in [4.69, 9.17) is 0 Å². The first-order valence-electron chi connectivity index (χ1n) is 7.06. The zero-order valence-corrected chi connectivity index (χ0v) is 12.8. The Labute approximate surface area is 125 Å². The second kappa shape index (κ2) is 7.54. The molecule has 0 fully saturated rings. The molecule has 2 N–H and O–H groups in total. The molecule has 0 aliphatic carbocycles. The first-order chi connectivity index (χ1) is 10.1. The Morgan fingerprint density at radius 2 is 2.00 bits per heavy atom. The summed E-state index contributed by atoms with van der Waals surface area (Å²) in [7, 11) is 4.13. The Kier molecular flexibility index (Phi) is 5.45. The molecule has 6 heteroatoms. The van der Waals surface area contributed by atoms with Gasteiger partial charge < -0.3 is 15.5 Å². The molecule has 0 spiro atoms. The third-order valence-corrected chi connectivity index (χ3v) is 3.04. The van der Waals surface area contributed by atoms with Crippen molar-refractivity contribution in [2.75, 3.05) is 37.8 Å². The van der Waals surface area contributed by atoms with Crippen LogP contribution < -0.4 is 10.6 Å². The summed E-state index contributed by atoms with van der Waals surface area (Å²) in [6, 6.07) is 8.02. The van der Waals surface area contributed by atoms with Crippen LogP contribution in [0.3, 0.4) is 0 Å². The van der Waals surface area contributed by atoms with Gasteiger partial charge in [0.2, 0.25) is 5.95 Å². The van der Waals surface area contributed by atoms with Gasteiger partial charge in [0.1, 0.15) is 0 Å². The van der Waals surface area contributed by atoms with Gasteiger partial charge in [0.05, 0.1) is 6.20 Å². The molecular formula is C15H22N6. The maximum Gasteiger partial charge on any atom is 0.249 e. The molecule has 1 aromatic heterocycles. The highest BCUT2D eigenvalue weighted by molar-refractivity contribution is 5.58. The number of nitrogens with zero attached hydrogens (tertiary/aromatic N) is 4. The van der Waals surface area contributed by atoms with Crippen molar-refractivity contribution >= 4 is 17.5 Å². The summed E-state index contributed by atoms with van der Waals surface area (Å²) in [5, 5.41) is 14.4. The Hall–Kier alpha value is -2.21. The number of hydrogen-bond acceptors (Lipinski definition) is 6. The normalized spacial score (nSPS) is 10.7. The van der Waals surface area contributed by atoms with Gasteiger partial charge in [0.15, 0.2) is 5.82 Å². The Morgan fingerprint density at radius 3 is 2.76 bits per heavy atom. The summed E-state index contributed by atoms with van der Waals surface area (Å²) < 4.78 is 0. The molecule has 0 unspecified atom stereocenters. The van der Waals surface area contributed by atoms with E-state index in [0.717, 1.165) is 36.6 Å². The Bertz CT molecular complexity index is 570. The fourth-order valence-electron chi connectivity index (χ4n) is 1.89. The number of benzene rings is 1. The molecule has 0 bridgehead atoms. The second-order valence-electron chi connectivity index (χ2n) is 5.19. The minimum Gasteiger partial charge on any atom is -0.369 e. The van der Waals surface area contributed by atoms with Crippen molar-refractivity contribution in [1.82, 2.24) is 20.1 Å². The number of para-hydroxylation sites is 1. The summed E-state index contributed by atoms with van der Waals surface area (Å²) in [6.45, 7) is 3.94. The van der Waals surface area contributed by atoms with Crippen LogP contribution in [0.25, 0.3) is 0 Å². The predicted molar refractivity (Wildman–Crippen MR) is 85.9 cm³/mol. The number of anilines is 3. The van der Waals surface area contributed by atoms with E-state index in [1.165, 1.54) is 0 Å². The lowest BCUT2D eigenvalue weighted by Gasteiger charge is -2.11. The second-order valence-corrected chi connectivity index (χ2v) is 5.19. The molecule has 0 radical (unpaired) electrons. The lowest BCUT2D eigenvalue weighted by Crippen LogP contribution is -2.17. The minimum absolute atomic E-state index is 0.502. The van der Waals surface area contributed by atoms with Crippen molar-refractivity contribution < 1.29 is 0 Å². The van der Waals surface area contributed by atoms with Crippen LogP contribution in [0, 0.1) is 6.92 Å². The SMILES string of the molecule is Cc1ccccc1Nc1nncc(NCCCN(C)C)n1. The molecule has 0 aliphatic rings. The molecule has 1 aromatic carbocycles. The average molecular weight is 286 g/mol. The largest absolute Gasteiger partial charge is 0.369 e. The van der Waals surface area contributed by atoms with Crippen molar-refractivity contribution in [3.05, 3.63) is 36.0 Å². The standard InChI is InChI=1S/C15H22N6/c1-12-7-4-5-8-13(12)18-15-19-14(11-17-20-15)16-9-6-10-21(2)3/h4-5,7-8,11H,6,9-10H2,1-3H3,(H2,16,18,19,20).